The molecule has 2 N–H and O–H groups in total. The molecule has 0 heterocycles. The van der Waals surface area contributed by atoms with Gasteiger partial charge in [-0.15, -0.1) is 0 Å². The van der Waals surface area contributed by atoms with Crippen LogP contribution in [0.3, 0.4) is 0 Å². The minimum Gasteiger partial charge on any atom is -0.483 e. The molecule has 1 fully saturated rings. The fourth-order valence-electron chi connectivity index (χ4n) is 2.84. The van der Waals surface area contributed by atoms with E-state index in [0.29, 0.717) is 6.04 Å². The van der Waals surface area contributed by atoms with Crippen LogP contribution in [0, 0.1) is 6.92 Å². The van der Waals surface area contributed by atoms with Crippen molar-refractivity contribution in [1.29, 1.82) is 0 Å². The van der Waals surface area contributed by atoms with Crippen molar-refractivity contribution in [3.8, 4) is 5.75 Å². The predicted molar refractivity (Wildman–Crippen MR) is 84.5 cm³/mol. The summed E-state index contributed by atoms with van der Waals surface area (Å²) in [7, 11) is 1.90. The normalized spacial score (nSPS) is 15.7. The highest BCUT2D eigenvalue weighted by atomic mass is 16.5. The lowest BCUT2D eigenvalue weighted by atomic mass is 9.95. The molecule has 2 rings (SSSR count). The van der Waals surface area contributed by atoms with Crippen molar-refractivity contribution in [2.75, 3.05) is 13.7 Å². The van der Waals surface area contributed by atoms with E-state index in [4.69, 9.17) is 4.74 Å². The molecule has 0 aliphatic heterocycles. The molecule has 1 aromatic carbocycles. The van der Waals surface area contributed by atoms with Crippen molar-refractivity contribution in [2.24, 2.45) is 0 Å². The van der Waals surface area contributed by atoms with Crippen molar-refractivity contribution >= 4 is 5.91 Å². The third-order valence-electron chi connectivity index (χ3n) is 3.91. The van der Waals surface area contributed by atoms with Crippen LogP contribution >= 0.6 is 0 Å². The molecule has 4 heteroatoms. The highest BCUT2D eigenvalue weighted by molar-refractivity contribution is 5.77. The van der Waals surface area contributed by atoms with Gasteiger partial charge in [-0.25, -0.2) is 0 Å². The fourth-order valence-corrected chi connectivity index (χ4v) is 2.84. The summed E-state index contributed by atoms with van der Waals surface area (Å²) in [6.07, 6.45) is 5.92. The molecule has 1 aliphatic carbocycles. The number of hydrogen-bond acceptors (Lipinski definition) is 3. The van der Waals surface area contributed by atoms with Gasteiger partial charge in [0.1, 0.15) is 5.75 Å². The van der Waals surface area contributed by atoms with Crippen molar-refractivity contribution in [3.63, 3.8) is 0 Å². The maximum absolute atomic E-state index is 12.0. The highest BCUT2D eigenvalue weighted by Crippen LogP contribution is 2.20. The van der Waals surface area contributed by atoms with Gasteiger partial charge in [-0.2, -0.15) is 0 Å². The predicted octanol–water partition coefficient (Wildman–Crippen LogP) is 2.54. The molecule has 1 aromatic rings. The van der Waals surface area contributed by atoms with Gasteiger partial charge < -0.3 is 15.4 Å². The van der Waals surface area contributed by atoms with Crippen LogP contribution in [0.2, 0.25) is 0 Å². The smallest absolute Gasteiger partial charge is 0.258 e. The molecule has 0 atom stereocenters. The maximum atomic E-state index is 12.0. The van der Waals surface area contributed by atoms with Gasteiger partial charge in [-0.3, -0.25) is 4.79 Å². The lowest BCUT2D eigenvalue weighted by Gasteiger charge is -2.22. The van der Waals surface area contributed by atoms with E-state index in [1.54, 1.807) is 0 Å². The van der Waals surface area contributed by atoms with E-state index in [-0.39, 0.29) is 12.5 Å². The average molecular weight is 290 g/mol. The summed E-state index contributed by atoms with van der Waals surface area (Å²) in [4.78, 5) is 12.0. The number of ether oxygens (including phenoxy) is 1. The summed E-state index contributed by atoms with van der Waals surface area (Å²) in [5.41, 5.74) is 2.28. The van der Waals surface area contributed by atoms with Crippen LogP contribution in [0.25, 0.3) is 0 Å². The van der Waals surface area contributed by atoms with Crippen LogP contribution < -0.4 is 15.4 Å². The van der Waals surface area contributed by atoms with Crippen molar-refractivity contribution in [3.05, 3.63) is 29.3 Å². The van der Waals surface area contributed by atoms with Gasteiger partial charge in [0, 0.05) is 18.2 Å². The average Bonchev–Trinajstić information content (AvgIpc) is 2.48. The molecule has 0 saturated heterocycles. The quantitative estimate of drug-likeness (QED) is 0.846. The lowest BCUT2D eigenvalue weighted by Crippen LogP contribution is -2.39. The number of rotatable bonds is 6. The number of carbonyl (C=O) groups is 1. The third kappa shape index (κ3) is 5.05. The number of nitrogens with one attached hydrogen (secondary N) is 2. The van der Waals surface area contributed by atoms with Crippen LogP contribution in [0.1, 0.15) is 43.2 Å². The van der Waals surface area contributed by atoms with Gasteiger partial charge in [0.25, 0.3) is 5.91 Å². The number of hydrogen-bond donors (Lipinski definition) is 2. The van der Waals surface area contributed by atoms with E-state index in [2.05, 4.69) is 23.6 Å². The first-order valence-corrected chi connectivity index (χ1v) is 7.85. The van der Waals surface area contributed by atoms with Gasteiger partial charge in [-0.05, 0) is 32.9 Å². The van der Waals surface area contributed by atoms with Crippen molar-refractivity contribution < 1.29 is 9.53 Å². The Labute approximate surface area is 127 Å². The monoisotopic (exact) mass is 290 g/mol. The Morgan fingerprint density at radius 2 is 2.05 bits per heavy atom. The SMILES string of the molecule is CNCc1cc(C)ccc1OCC(=O)NC1CCCCC1. The van der Waals surface area contributed by atoms with Gasteiger partial charge >= 0.3 is 0 Å². The zero-order chi connectivity index (χ0) is 15.1. The summed E-state index contributed by atoms with van der Waals surface area (Å²) in [6, 6.07) is 6.37. The Kier molecular flexibility index (Phi) is 6.05. The van der Waals surface area contributed by atoms with E-state index in [1.807, 2.05) is 19.2 Å². The summed E-state index contributed by atoms with van der Waals surface area (Å²) in [5.74, 6) is 0.770. The van der Waals surface area contributed by atoms with E-state index >= 15 is 0 Å². The van der Waals surface area contributed by atoms with Crippen molar-refractivity contribution in [2.45, 2.75) is 51.6 Å². The number of amides is 1. The van der Waals surface area contributed by atoms with E-state index in [1.165, 1.54) is 24.8 Å². The van der Waals surface area contributed by atoms with E-state index < -0.39 is 0 Å². The highest BCUT2D eigenvalue weighted by Gasteiger charge is 2.16. The second-order valence-electron chi connectivity index (χ2n) is 5.83. The molecule has 4 nitrogen and oxygen atoms in total. The molecule has 1 saturated carbocycles. The molecule has 0 bridgehead atoms. The van der Waals surface area contributed by atoms with Crippen LogP contribution in [0.4, 0.5) is 0 Å². The van der Waals surface area contributed by atoms with Gasteiger partial charge in [0.15, 0.2) is 6.61 Å². The Bertz CT molecular complexity index is 468. The standard InChI is InChI=1S/C17H26N2O2/c1-13-8-9-16(14(10-13)11-18-2)21-12-17(20)19-15-6-4-3-5-7-15/h8-10,15,18H,3-7,11-12H2,1-2H3,(H,19,20). The lowest BCUT2D eigenvalue weighted by molar-refractivity contribution is -0.124. The van der Waals surface area contributed by atoms with Crippen molar-refractivity contribution in [1.82, 2.24) is 10.6 Å². The zero-order valence-electron chi connectivity index (χ0n) is 13.1. The van der Waals surface area contributed by atoms with Gasteiger partial charge in [-0.1, -0.05) is 37.0 Å². The first-order valence-electron chi connectivity index (χ1n) is 7.85. The molecule has 0 radical (unpaired) electrons. The number of carbonyl (C=O) groups excluding carboxylic acids is 1. The van der Waals surface area contributed by atoms with Crippen LogP contribution in [-0.4, -0.2) is 25.6 Å². The number of aryl methyl sites for hydroxylation is 1. The zero-order valence-corrected chi connectivity index (χ0v) is 13.1. The minimum atomic E-state index is -0.0158. The summed E-state index contributed by atoms with van der Waals surface area (Å²) in [6.45, 7) is 2.89. The second kappa shape index (κ2) is 8.03. The molecule has 116 valence electrons. The number of benzene rings is 1. The Hall–Kier alpha value is -1.55. The van der Waals surface area contributed by atoms with Crippen LogP contribution in [0.5, 0.6) is 5.75 Å². The second-order valence-corrected chi connectivity index (χ2v) is 5.83. The summed E-state index contributed by atoms with van der Waals surface area (Å²) >= 11 is 0. The first-order chi connectivity index (χ1) is 10.2. The first kappa shape index (κ1) is 15.8. The fraction of sp³-hybridized carbons (Fsp3) is 0.588. The molecular weight excluding hydrogens is 264 g/mol. The Balaban J connectivity index is 1.85. The molecule has 0 spiro atoms. The van der Waals surface area contributed by atoms with Gasteiger partial charge in [0.2, 0.25) is 0 Å². The van der Waals surface area contributed by atoms with Crippen LogP contribution in [0.15, 0.2) is 18.2 Å². The van der Waals surface area contributed by atoms with E-state index in [0.717, 1.165) is 30.7 Å². The molecule has 21 heavy (non-hydrogen) atoms. The Morgan fingerprint density at radius 3 is 2.76 bits per heavy atom. The summed E-state index contributed by atoms with van der Waals surface area (Å²) < 4.78 is 5.70. The largest absolute Gasteiger partial charge is 0.483 e. The third-order valence-corrected chi connectivity index (χ3v) is 3.91. The maximum Gasteiger partial charge on any atom is 0.258 e. The molecule has 1 aliphatic rings. The molecule has 1 amide bonds. The minimum absolute atomic E-state index is 0.0158. The summed E-state index contributed by atoms with van der Waals surface area (Å²) in [5, 5.41) is 6.20. The Morgan fingerprint density at radius 1 is 1.29 bits per heavy atom. The topological polar surface area (TPSA) is 50.4 Å². The van der Waals surface area contributed by atoms with E-state index in [9.17, 15) is 4.79 Å². The van der Waals surface area contributed by atoms with Crippen LogP contribution in [-0.2, 0) is 11.3 Å². The molecular formula is C17H26N2O2. The van der Waals surface area contributed by atoms with Gasteiger partial charge in [0.05, 0.1) is 0 Å². The molecule has 0 unspecified atom stereocenters. The molecule has 0 aromatic heterocycles.